The van der Waals surface area contributed by atoms with Gasteiger partial charge in [-0.25, -0.2) is 4.39 Å². The first-order valence-corrected chi connectivity index (χ1v) is 11.4. The number of carbonyl (C=O) groups excluding carboxylic acids is 1. The summed E-state index contributed by atoms with van der Waals surface area (Å²) in [5.41, 5.74) is 3.04. The number of hydrogen-bond donors (Lipinski definition) is 0. The average molecular weight is 462 g/mol. The van der Waals surface area contributed by atoms with E-state index in [1.54, 1.807) is 29.4 Å². The number of anilines is 1. The summed E-state index contributed by atoms with van der Waals surface area (Å²) in [6, 6.07) is 19.4. The number of carbonyl (C=O) groups is 1. The molecule has 4 aromatic rings. The molecule has 0 unspecified atom stereocenters. The van der Waals surface area contributed by atoms with E-state index in [4.69, 9.17) is 8.94 Å². The predicted molar refractivity (Wildman–Crippen MR) is 129 cm³/mol. The van der Waals surface area contributed by atoms with Crippen molar-refractivity contribution in [2.75, 3.05) is 18.0 Å². The van der Waals surface area contributed by atoms with Crippen molar-refractivity contribution in [2.45, 2.75) is 33.4 Å². The Labute approximate surface area is 198 Å². The van der Waals surface area contributed by atoms with Gasteiger partial charge in [-0.2, -0.15) is 0 Å². The van der Waals surface area contributed by atoms with Gasteiger partial charge in [0.05, 0.1) is 31.3 Å². The molecule has 0 aliphatic heterocycles. The van der Waals surface area contributed by atoms with E-state index < -0.39 is 0 Å². The normalized spacial score (nSPS) is 10.9. The molecular weight excluding hydrogens is 433 g/mol. The van der Waals surface area contributed by atoms with Crippen LogP contribution in [-0.2, 0) is 24.3 Å². The standard InChI is InChI=1S/C27H28FN3O3/c1-3-30(4-2)27-24(26(29-34-27)21-12-14-22(28)15-13-21)19-31(18-23-11-8-16-33-23)25(32)17-20-9-6-5-7-10-20/h5-16H,3-4,17-19H2,1-2H3. The van der Waals surface area contributed by atoms with Gasteiger partial charge < -0.3 is 18.7 Å². The van der Waals surface area contributed by atoms with E-state index in [-0.39, 0.29) is 24.7 Å². The van der Waals surface area contributed by atoms with Crippen molar-refractivity contribution in [3.05, 3.63) is 95.7 Å². The number of amides is 1. The molecule has 0 aliphatic rings. The van der Waals surface area contributed by atoms with E-state index in [0.717, 1.165) is 29.8 Å². The molecule has 0 saturated heterocycles. The highest BCUT2D eigenvalue weighted by atomic mass is 19.1. The summed E-state index contributed by atoms with van der Waals surface area (Å²) < 4.78 is 24.9. The number of hydrogen-bond acceptors (Lipinski definition) is 5. The van der Waals surface area contributed by atoms with Crippen LogP contribution < -0.4 is 4.90 Å². The van der Waals surface area contributed by atoms with E-state index >= 15 is 0 Å². The molecule has 2 aromatic carbocycles. The van der Waals surface area contributed by atoms with Gasteiger partial charge in [-0.15, -0.1) is 0 Å². The van der Waals surface area contributed by atoms with Crippen LogP contribution in [0.2, 0.25) is 0 Å². The van der Waals surface area contributed by atoms with Gasteiger partial charge in [0.15, 0.2) is 0 Å². The highest BCUT2D eigenvalue weighted by Crippen LogP contribution is 2.33. The first-order chi connectivity index (χ1) is 16.6. The number of furan rings is 1. The van der Waals surface area contributed by atoms with Crippen LogP contribution in [-0.4, -0.2) is 29.1 Å². The van der Waals surface area contributed by atoms with Crippen molar-refractivity contribution in [1.29, 1.82) is 0 Å². The second-order valence-electron chi connectivity index (χ2n) is 7.99. The van der Waals surface area contributed by atoms with Gasteiger partial charge in [0.25, 0.3) is 0 Å². The Hall–Kier alpha value is -3.87. The molecule has 0 atom stereocenters. The van der Waals surface area contributed by atoms with Crippen molar-refractivity contribution in [3.63, 3.8) is 0 Å². The van der Waals surface area contributed by atoms with Gasteiger partial charge >= 0.3 is 0 Å². The number of aromatic nitrogens is 1. The molecule has 2 aromatic heterocycles. The fourth-order valence-electron chi connectivity index (χ4n) is 3.93. The molecule has 4 rings (SSSR count). The first-order valence-electron chi connectivity index (χ1n) is 11.4. The second kappa shape index (κ2) is 10.8. The SMILES string of the molecule is CCN(CC)c1onc(-c2ccc(F)cc2)c1CN(Cc1ccco1)C(=O)Cc1ccccc1. The number of benzene rings is 2. The van der Waals surface area contributed by atoms with Gasteiger partial charge in [0, 0.05) is 18.7 Å². The predicted octanol–water partition coefficient (Wildman–Crippen LogP) is 5.69. The molecule has 0 aliphatic carbocycles. The van der Waals surface area contributed by atoms with Crippen molar-refractivity contribution in [1.82, 2.24) is 10.1 Å². The lowest BCUT2D eigenvalue weighted by Crippen LogP contribution is -2.32. The fourth-order valence-corrected chi connectivity index (χ4v) is 3.93. The van der Waals surface area contributed by atoms with E-state index in [0.29, 0.717) is 23.9 Å². The van der Waals surface area contributed by atoms with Crippen LogP contribution in [0.5, 0.6) is 0 Å². The molecular formula is C27H28FN3O3. The zero-order chi connectivity index (χ0) is 23.9. The lowest BCUT2D eigenvalue weighted by Gasteiger charge is -2.24. The minimum Gasteiger partial charge on any atom is -0.467 e. The van der Waals surface area contributed by atoms with Crippen LogP contribution in [0.1, 0.15) is 30.7 Å². The fraction of sp³-hybridized carbons (Fsp3) is 0.259. The number of halogens is 1. The Morgan fingerprint density at radius 1 is 0.941 bits per heavy atom. The molecule has 0 bridgehead atoms. The van der Waals surface area contributed by atoms with Gasteiger partial charge in [-0.05, 0) is 55.8 Å². The third-order valence-corrected chi connectivity index (χ3v) is 5.76. The summed E-state index contributed by atoms with van der Waals surface area (Å²) in [4.78, 5) is 17.3. The maximum atomic E-state index is 13.6. The third-order valence-electron chi connectivity index (χ3n) is 5.76. The lowest BCUT2D eigenvalue weighted by atomic mass is 10.1. The summed E-state index contributed by atoms with van der Waals surface area (Å²) in [5.74, 6) is 0.932. The Bertz CT molecular complexity index is 1180. The molecule has 6 nitrogen and oxygen atoms in total. The minimum absolute atomic E-state index is 0.0423. The van der Waals surface area contributed by atoms with Gasteiger partial charge in [-0.1, -0.05) is 35.5 Å². The highest BCUT2D eigenvalue weighted by molar-refractivity contribution is 5.79. The third kappa shape index (κ3) is 5.36. The maximum Gasteiger partial charge on any atom is 0.232 e. The Morgan fingerprint density at radius 3 is 2.32 bits per heavy atom. The van der Waals surface area contributed by atoms with Crippen LogP contribution in [0.4, 0.5) is 10.3 Å². The molecule has 1 amide bonds. The van der Waals surface area contributed by atoms with Gasteiger partial charge in [0.1, 0.15) is 17.3 Å². The second-order valence-corrected chi connectivity index (χ2v) is 7.99. The van der Waals surface area contributed by atoms with Crippen LogP contribution in [0.3, 0.4) is 0 Å². The molecule has 2 heterocycles. The summed E-state index contributed by atoms with van der Waals surface area (Å²) in [5, 5.41) is 4.33. The Morgan fingerprint density at radius 2 is 1.68 bits per heavy atom. The Kier molecular flexibility index (Phi) is 7.42. The van der Waals surface area contributed by atoms with Crippen molar-refractivity contribution < 1.29 is 18.1 Å². The minimum atomic E-state index is -0.324. The topological polar surface area (TPSA) is 62.7 Å². The number of nitrogens with zero attached hydrogens (tertiary/aromatic N) is 3. The first kappa shape index (κ1) is 23.3. The molecule has 0 spiro atoms. The lowest BCUT2D eigenvalue weighted by molar-refractivity contribution is -0.132. The summed E-state index contributed by atoms with van der Waals surface area (Å²) >= 11 is 0. The van der Waals surface area contributed by atoms with Crippen LogP contribution in [0, 0.1) is 5.82 Å². The summed E-state index contributed by atoms with van der Waals surface area (Å²) in [7, 11) is 0. The van der Waals surface area contributed by atoms with Crippen molar-refractivity contribution in [2.24, 2.45) is 0 Å². The Balaban J connectivity index is 1.71. The molecule has 0 saturated carbocycles. The van der Waals surface area contributed by atoms with Crippen LogP contribution >= 0.6 is 0 Å². The van der Waals surface area contributed by atoms with E-state index in [1.165, 1.54) is 12.1 Å². The smallest absolute Gasteiger partial charge is 0.232 e. The molecule has 0 N–H and O–H groups in total. The quantitative estimate of drug-likeness (QED) is 0.304. The van der Waals surface area contributed by atoms with E-state index in [1.807, 2.05) is 50.2 Å². The summed E-state index contributed by atoms with van der Waals surface area (Å²) in [6.45, 7) is 6.09. The zero-order valence-corrected chi connectivity index (χ0v) is 19.4. The van der Waals surface area contributed by atoms with Crippen molar-refractivity contribution in [3.8, 4) is 11.3 Å². The molecule has 34 heavy (non-hydrogen) atoms. The number of rotatable bonds is 10. The van der Waals surface area contributed by atoms with Crippen LogP contribution in [0.25, 0.3) is 11.3 Å². The molecule has 7 heteroatoms. The molecule has 176 valence electrons. The molecule has 0 fully saturated rings. The monoisotopic (exact) mass is 461 g/mol. The summed E-state index contributed by atoms with van der Waals surface area (Å²) in [6.07, 6.45) is 1.86. The van der Waals surface area contributed by atoms with E-state index in [9.17, 15) is 9.18 Å². The van der Waals surface area contributed by atoms with Gasteiger partial charge in [-0.3, -0.25) is 4.79 Å². The van der Waals surface area contributed by atoms with Crippen molar-refractivity contribution >= 4 is 11.8 Å². The maximum absolute atomic E-state index is 13.6. The largest absolute Gasteiger partial charge is 0.467 e. The zero-order valence-electron chi connectivity index (χ0n) is 19.4. The highest BCUT2D eigenvalue weighted by Gasteiger charge is 2.26. The van der Waals surface area contributed by atoms with E-state index in [2.05, 4.69) is 10.1 Å². The van der Waals surface area contributed by atoms with Crippen LogP contribution in [0.15, 0.2) is 81.9 Å². The average Bonchev–Trinajstić information content (AvgIpc) is 3.51. The molecule has 0 radical (unpaired) electrons. The van der Waals surface area contributed by atoms with Gasteiger partial charge in [0.2, 0.25) is 11.8 Å².